The third-order valence-corrected chi connectivity index (χ3v) is 3.54. The lowest BCUT2D eigenvalue weighted by Gasteiger charge is -2.04. The molecule has 18 heavy (non-hydrogen) atoms. The third kappa shape index (κ3) is 3.44. The summed E-state index contributed by atoms with van der Waals surface area (Å²) in [4.78, 5) is 12.1. The first kappa shape index (κ1) is 13.3. The topological polar surface area (TPSA) is 17.1 Å². The highest BCUT2D eigenvalue weighted by atomic mass is 79.9. The maximum atomic E-state index is 12.1. The zero-order valence-electron chi connectivity index (χ0n) is 9.70. The SMILES string of the molecule is O=C(CCc1ccccc1)c1cc(Br)ccc1Cl. The number of carbonyl (C=O) groups is 1. The molecule has 0 aliphatic carbocycles. The van der Waals surface area contributed by atoms with Gasteiger partial charge in [-0.25, -0.2) is 0 Å². The summed E-state index contributed by atoms with van der Waals surface area (Å²) >= 11 is 9.38. The van der Waals surface area contributed by atoms with Crippen LogP contribution in [-0.2, 0) is 6.42 Å². The van der Waals surface area contributed by atoms with Gasteiger partial charge in [0.1, 0.15) is 0 Å². The standard InChI is InChI=1S/C15H12BrClO/c16-12-7-8-14(17)13(10-12)15(18)9-6-11-4-2-1-3-5-11/h1-5,7-8,10H,6,9H2. The monoisotopic (exact) mass is 322 g/mol. The molecule has 0 heterocycles. The molecule has 0 fully saturated rings. The molecule has 0 radical (unpaired) electrons. The van der Waals surface area contributed by atoms with Gasteiger partial charge in [0.15, 0.2) is 5.78 Å². The first-order valence-corrected chi connectivity index (χ1v) is 6.86. The van der Waals surface area contributed by atoms with Crippen LogP contribution in [0.15, 0.2) is 53.0 Å². The van der Waals surface area contributed by atoms with Crippen LogP contribution in [0.25, 0.3) is 0 Å². The van der Waals surface area contributed by atoms with Gasteiger partial charge in [-0.05, 0) is 30.2 Å². The van der Waals surface area contributed by atoms with Crippen molar-refractivity contribution in [1.82, 2.24) is 0 Å². The van der Waals surface area contributed by atoms with Crippen molar-refractivity contribution >= 4 is 33.3 Å². The second-order valence-electron chi connectivity index (χ2n) is 4.03. The molecule has 0 saturated carbocycles. The smallest absolute Gasteiger partial charge is 0.164 e. The number of hydrogen-bond donors (Lipinski definition) is 0. The Hall–Kier alpha value is -1.12. The lowest BCUT2D eigenvalue weighted by atomic mass is 10.0. The Morgan fingerprint density at radius 2 is 1.83 bits per heavy atom. The van der Waals surface area contributed by atoms with Gasteiger partial charge < -0.3 is 0 Å². The van der Waals surface area contributed by atoms with Gasteiger partial charge in [-0.2, -0.15) is 0 Å². The Labute approximate surface area is 120 Å². The van der Waals surface area contributed by atoms with E-state index in [4.69, 9.17) is 11.6 Å². The van der Waals surface area contributed by atoms with Gasteiger partial charge in [-0.1, -0.05) is 57.9 Å². The maximum absolute atomic E-state index is 12.1. The predicted octanol–water partition coefficient (Wildman–Crippen LogP) is 4.92. The quantitative estimate of drug-likeness (QED) is 0.730. The summed E-state index contributed by atoms with van der Waals surface area (Å²) in [5.41, 5.74) is 1.75. The van der Waals surface area contributed by atoms with Gasteiger partial charge in [-0.3, -0.25) is 4.79 Å². The number of Topliss-reactive ketones (excluding diaryl/α,β-unsaturated/α-hetero) is 1. The van der Waals surface area contributed by atoms with Crippen LogP contribution < -0.4 is 0 Å². The fourth-order valence-corrected chi connectivity index (χ4v) is 2.33. The molecule has 1 nitrogen and oxygen atoms in total. The molecule has 2 aromatic carbocycles. The van der Waals surface area contributed by atoms with E-state index in [-0.39, 0.29) is 5.78 Å². The van der Waals surface area contributed by atoms with E-state index in [9.17, 15) is 4.79 Å². The molecule has 2 aromatic rings. The van der Waals surface area contributed by atoms with Crippen LogP contribution in [0.1, 0.15) is 22.3 Å². The van der Waals surface area contributed by atoms with Crippen LogP contribution in [-0.4, -0.2) is 5.78 Å². The average molecular weight is 324 g/mol. The van der Waals surface area contributed by atoms with Crippen molar-refractivity contribution in [1.29, 1.82) is 0 Å². The minimum absolute atomic E-state index is 0.0742. The van der Waals surface area contributed by atoms with Crippen LogP contribution in [0, 0.1) is 0 Å². The summed E-state index contributed by atoms with van der Waals surface area (Å²) < 4.78 is 0.870. The molecule has 0 amide bonds. The first-order chi connectivity index (χ1) is 8.66. The lowest BCUT2D eigenvalue weighted by molar-refractivity contribution is 0.0983. The maximum Gasteiger partial charge on any atom is 0.164 e. The minimum Gasteiger partial charge on any atom is -0.294 e. The minimum atomic E-state index is 0.0742. The fourth-order valence-electron chi connectivity index (χ4n) is 1.75. The number of rotatable bonds is 4. The third-order valence-electron chi connectivity index (χ3n) is 2.71. The molecular weight excluding hydrogens is 312 g/mol. The van der Waals surface area contributed by atoms with Crippen molar-refractivity contribution in [3.8, 4) is 0 Å². The van der Waals surface area contributed by atoms with Gasteiger partial charge >= 0.3 is 0 Å². The number of aryl methyl sites for hydroxylation is 1. The molecule has 0 bridgehead atoms. The Morgan fingerprint density at radius 1 is 1.11 bits per heavy atom. The van der Waals surface area contributed by atoms with Crippen molar-refractivity contribution in [3.05, 3.63) is 69.2 Å². The zero-order valence-corrected chi connectivity index (χ0v) is 12.0. The molecule has 0 spiro atoms. The zero-order chi connectivity index (χ0) is 13.0. The summed E-state index contributed by atoms with van der Waals surface area (Å²) in [5, 5.41) is 0.510. The Bertz CT molecular complexity index is 552. The molecule has 0 N–H and O–H groups in total. The summed E-state index contributed by atoms with van der Waals surface area (Å²) in [6.07, 6.45) is 1.21. The molecule has 2 rings (SSSR count). The molecule has 0 aliphatic rings. The van der Waals surface area contributed by atoms with E-state index in [0.717, 1.165) is 16.5 Å². The highest BCUT2D eigenvalue weighted by Crippen LogP contribution is 2.22. The second kappa shape index (κ2) is 6.17. The van der Waals surface area contributed by atoms with E-state index in [1.807, 2.05) is 36.4 Å². The van der Waals surface area contributed by atoms with Crippen molar-refractivity contribution in [3.63, 3.8) is 0 Å². The summed E-state index contributed by atoms with van der Waals surface area (Å²) in [6, 6.07) is 15.3. The van der Waals surface area contributed by atoms with E-state index in [1.54, 1.807) is 12.1 Å². The highest BCUT2D eigenvalue weighted by molar-refractivity contribution is 9.10. The number of carbonyl (C=O) groups excluding carboxylic acids is 1. The number of hydrogen-bond acceptors (Lipinski definition) is 1. The van der Waals surface area contributed by atoms with Crippen molar-refractivity contribution in [2.24, 2.45) is 0 Å². The molecule has 0 atom stereocenters. The highest BCUT2D eigenvalue weighted by Gasteiger charge is 2.10. The van der Waals surface area contributed by atoms with Crippen LogP contribution in [0.2, 0.25) is 5.02 Å². The van der Waals surface area contributed by atoms with Gasteiger partial charge in [-0.15, -0.1) is 0 Å². The van der Waals surface area contributed by atoms with Crippen molar-refractivity contribution in [2.75, 3.05) is 0 Å². The number of ketones is 1. The van der Waals surface area contributed by atoms with Crippen molar-refractivity contribution < 1.29 is 4.79 Å². The number of benzene rings is 2. The van der Waals surface area contributed by atoms with E-state index in [2.05, 4.69) is 15.9 Å². The van der Waals surface area contributed by atoms with Gasteiger partial charge in [0.05, 0.1) is 5.02 Å². The van der Waals surface area contributed by atoms with E-state index in [1.165, 1.54) is 0 Å². The Balaban J connectivity index is 2.06. The van der Waals surface area contributed by atoms with E-state index < -0.39 is 0 Å². The molecular formula is C15H12BrClO. The number of halogens is 2. The molecule has 92 valence electrons. The average Bonchev–Trinajstić information content (AvgIpc) is 2.40. The molecule has 0 aliphatic heterocycles. The van der Waals surface area contributed by atoms with Gasteiger partial charge in [0, 0.05) is 16.5 Å². The van der Waals surface area contributed by atoms with Gasteiger partial charge in [0.2, 0.25) is 0 Å². The normalized spacial score (nSPS) is 10.3. The van der Waals surface area contributed by atoms with E-state index >= 15 is 0 Å². The first-order valence-electron chi connectivity index (χ1n) is 5.69. The molecule has 0 unspecified atom stereocenters. The van der Waals surface area contributed by atoms with Gasteiger partial charge in [0.25, 0.3) is 0 Å². The van der Waals surface area contributed by atoms with Crippen LogP contribution >= 0.6 is 27.5 Å². The molecule has 3 heteroatoms. The summed E-state index contributed by atoms with van der Waals surface area (Å²) in [5.74, 6) is 0.0742. The summed E-state index contributed by atoms with van der Waals surface area (Å²) in [7, 11) is 0. The molecule has 0 aromatic heterocycles. The lowest BCUT2D eigenvalue weighted by Crippen LogP contribution is -2.02. The molecule has 0 saturated heterocycles. The van der Waals surface area contributed by atoms with Crippen LogP contribution in [0.4, 0.5) is 0 Å². The Morgan fingerprint density at radius 3 is 2.56 bits per heavy atom. The Kier molecular flexibility index (Phi) is 4.56. The summed E-state index contributed by atoms with van der Waals surface area (Å²) in [6.45, 7) is 0. The van der Waals surface area contributed by atoms with E-state index in [0.29, 0.717) is 17.0 Å². The second-order valence-corrected chi connectivity index (χ2v) is 5.36. The predicted molar refractivity (Wildman–Crippen MR) is 78.2 cm³/mol. The van der Waals surface area contributed by atoms with Crippen LogP contribution in [0.3, 0.4) is 0 Å². The van der Waals surface area contributed by atoms with Crippen LogP contribution in [0.5, 0.6) is 0 Å². The fraction of sp³-hybridized carbons (Fsp3) is 0.133. The van der Waals surface area contributed by atoms with Crippen molar-refractivity contribution in [2.45, 2.75) is 12.8 Å². The largest absolute Gasteiger partial charge is 0.294 e.